The molecule has 0 radical (unpaired) electrons. The molecule has 0 aliphatic carbocycles. The molecule has 0 unspecified atom stereocenters. The number of nitrogens with one attached hydrogen (secondary N) is 1. The normalized spacial score (nSPS) is 14.0. The van der Waals surface area contributed by atoms with Gasteiger partial charge < -0.3 is 14.9 Å². The Morgan fingerprint density at radius 3 is 1.97 bits per heavy atom. The molecule has 8 nitrogen and oxygen atoms in total. The van der Waals surface area contributed by atoms with Gasteiger partial charge in [0, 0.05) is 37.4 Å². The van der Waals surface area contributed by atoms with Gasteiger partial charge in [0.05, 0.1) is 10.5 Å². The number of anilines is 1. The topological polar surface area (TPSA) is 107 Å². The number of carbonyl (C=O) groups is 2. The number of hydrogen-bond donors (Lipinski definition) is 2. The largest absolute Gasteiger partial charge is 0.507 e. The number of aryl methyl sites for hydroxylation is 2. The second-order valence-corrected chi connectivity index (χ2v) is 10.2. The quantitative estimate of drug-likeness (QED) is 0.567. The Balaban J connectivity index is 1.47. The van der Waals surface area contributed by atoms with Gasteiger partial charge in [0.2, 0.25) is 0 Å². The van der Waals surface area contributed by atoms with E-state index in [1.165, 1.54) is 18.2 Å². The standard InChI is InChI=1S/C26H27N3O5S/c1-18-7-10-20(11-8-18)27-35(33,34)21-12-9-19(2)23(17-21)26(32)29-15-13-28(14-16-29)25(31)22-5-3-4-6-24(22)30/h3-12,17,27,30H,13-16H2,1-2H3. The zero-order valence-corrected chi connectivity index (χ0v) is 20.4. The Labute approximate surface area is 204 Å². The van der Waals surface area contributed by atoms with E-state index in [2.05, 4.69) is 4.72 Å². The summed E-state index contributed by atoms with van der Waals surface area (Å²) >= 11 is 0. The van der Waals surface area contributed by atoms with Gasteiger partial charge >= 0.3 is 0 Å². The van der Waals surface area contributed by atoms with E-state index in [1.807, 2.05) is 19.1 Å². The average Bonchev–Trinajstić information content (AvgIpc) is 2.85. The predicted molar refractivity (Wildman–Crippen MR) is 133 cm³/mol. The summed E-state index contributed by atoms with van der Waals surface area (Å²) in [6.07, 6.45) is 0. The highest BCUT2D eigenvalue weighted by Gasteiger charge is 2.28. The summed E-state index contributed by atoms with van der Waals surface area (Å²) in [5.41, 5.74) is 2.64. The Morgan fingerprint density at radius 1 is 0.800 bits per heavy atom. The first-order valence-electron chi connectivity index (χ1n) is 11.2. The molecule has 1 aliphatic rings. The number of aromatic hydroxyl groups is 1. The van der Waals surface area contributed by atoms with E-state index in [-0.39, 0.29) is 28.0 Å². The van der Waals surface area contributed by atoms with Crippen molar-refractivity contribution in [2.24, 2.45) is 0 Å². The monoisotopic (exact) mass is 493 g/mol. The van der Waals surface area contributed by atoms with Crippen LogP contribution in [-0.4, -0.2) is 61.3 Å². The van der Waals surface area contributed by atoms with Crippen molar-refractivity contribution in [1.29, 1.82) is 0 Å². The van der Waals surface area contributed by atoms with Gasteiger partial charge in [-0.3, -0.25) is 14.3 Å². The van der Waals surface area contributed by atoms with Crippen LogP contribution >= 0.6 is 0 Å². The Morgan fingerprint density at radius 2 is 1.37 bits per heavy atom. The molecule has 9 heteroatoms. The third kappa shape index (κ3) is 5.30. The lowest BCUT2D eigenvalue weighted by atomic mass is 10.1. The lowest BCUT2D eigenvalue weighted by Gasteiger charge is -2.35. The maximum atomic E-state index is 13.3. The van der Waals surface area contributed by atoms with Crippen molar-refractivity contribution in [3.05, 3.63) is 89.0 Å². The van der Waals surface area contributed by atoms with Crippen LogP contribution in [0.1, 0.15) is 31.8 Å². The molecule has 0 atom stereocenters. The molecule has 0 bridgehead atoms. The van der Waals surface area contributed by atoms with Gasteiger partial charge in [0.15, 0.2) is 0 Å². The minimum absolute atomic E-state index is 0.000363. The molecule has 3 aromatic carbocycles. The molecule has 2 amide bonds. The third-order valence-corrected chi connectivity index (χ3v) is 7.42. The highest BCUT2D eigenvalue weighted by Crippen LogP contribution is 2.23. The molecule has 182 valence electrons. The number of carbonyl (C=O) groups excluding carboxylic acids is 2. The van der Waals surface area contributed by atoms with Crippen LogP contribution in [0.4, 0.5) is 5.69 Å². The lowest BCUT2D eigenvalue weighted by Crippen LogP contribution is -2.50. The van der Waals surface area contributed by atoms with Crippen molar-refractivity contribution < 1.29 is 23.1 Å². The second kappa shape index (κ2) is 9.79. The van der Waals surface area contributed by atoms with Gasteiger partial charge in [-0.2, -0.15) is 0 Å². The van der Waals surface area contributed by atoms with Crippen molar-refractivity contribution in [2.75, 3.05) is 30.9 Å². The molecule has 0 spiro atoms. The maximum absolute atomic E-state index is 13.3. The van der Waals surface area contributed by atoms with E-state index in [0.29, 0.717) is 43.0 Å². The first-order chi connectivity index (χ1) is 16.7. The minimum Gasteiger partial charge on any atom is -0.507 e. The molecule has 35 heavy (non-hydrogen) atoms. The number of amides is 2. The van der Waals surface area contributed by atoms with Crippen LogP contribution in [0.3, 0.4) is 0 Å². The molecular weight excluding hydrogens is 466 g/mol. The van der Waals surface area contributed by atoms with Crippen LogP contribution in [0.15, 0.2) is 71.6 Å². The minimum atomic E-state index is -3.88. The summed E-state index contributed by atoms with van der Waals surface area (Å²) in [6, 6.07) is 17.8. The number of rotatable bonds is 5. The summed E-state index contributed by atoms with van der Waals surface area (Å²) in [5.74, 6) is -0.657. The molecular formula is C26H27N3O5S. The fourth-order valence-electron chi connectivity index (χ4n) is 3.94. The van der Waals surface area contributed by atoms with Crippen molar-refractivity contribution >= 4 is 27.5 Å². The first kappa shape index (κ1) is 24.3. The molecule has 1 saturated heterocycles. The number of benzene rings is 3. The van der Waals surface area contributed by atoms with E-state index in [0.717, 1.165) is 5.56 Å². The fourth-order valence-corrected chi connectivity index (χ4v) is 5.03. The molecule has 0 aromatic heterocycles. The summed E-state index contributed by atoms with van der Waals surface area (Å²) < 4.78 is 28.4. The van der Waals surface area contributed by atoms with Crippen LogP contribution in [0.2, 0.25) is 0 Å². The highest BCUT2D eigenvalue weighted by molar-refractivity contribution is 7.92. The first-order valence-corrected chi connectivity index (χ1v) is 12.7. The third-order valence-electron chi connectivity index (χ3n) is 6.04. The zero-order chi connectivity index (χ0) is 25.2. The lowest BCUT2D eigenvalue weighted by molar-refractivity contribution is 0.0533. The van der Waals surface area contributed by atoms with Gasteiger partial charge in [0.25, 0.3) is 21.8 Å². The Hall–Kier alpha value is -3.85. The average molecular weight is 494 g/mol. The van der Waals surface area contributed by atoms with Gasteiger partial charge in [-0.05, 0) is 55.8 Å². The van der Waals surface area contributed by atoms with Crippen LogP contribution in [0, 0.1) is 13.8 Å². The van der Waals surface area contributed by atoms with Gasteiger partial charge in [-0.15, -0.1) is 0 Å². The number of phenols is 1. The van der Waals surface area contributed by atoms with Gasteiger partial charge in [0.1, 0.15) is 5.75 Å². The van der Waals surface area contributed by atoms with Crippen molar-refractivity contribution in [2.45, 2.75) is 18.7 Å². The number of piperazine rings is 1. The number of para-hydroxylation sites is 1. The number of phenolic OH excluding ortho intramolecular Hbond substituents is 1. The molecule has 1 heterocycles. The smallest absolute Gasteiger partial charge is 0.261 e. The van der Waals surface area contributed by atoms with Crippen molar-refractivity contribution in [3.8, 4) is 5.75 Å². The van der Waals surface area contributed by atoms with E-state index in [1.54, 1.807) is 53.1 Å². The molecule has 2 N–H and O–H groups in total. The molecule has 1 fully saturated rings. The fraction of sp³-hybridized carbons (Fsp3) is 0.231. The molecule has 1 aliphatic heterocycles. The SMILES string of the molecule is Cc1ccc(NS(=O)(=O)c2ccc(C)c(C(=O)N3CCN(C(=O)c4ccccc4O)CC3)c2)cc1. The van der Waals surface area contributed by atoms with Crippen molar-refractivity contribution in [3.63, 3.8) is 0 Å². The number of hydrogen-bond acceptors (Lipinski definition) is 5. The second-order valence-electron chi connectivity index (χ2n) is 8.55. The predicted octanol–water partition coefficient (Wildman–Crippen LogP) is 3.41. The highest BCUT2D eigenvalue weighted by atomic mass is 32.2. The summed E-state index contributed by atoms with van der Waals surface area (Å²) in [4.78, 5) is 29.2. The van der Waals surface area contributed by atoms with E-state index < -0.39 is 10.0 Å². The van der Waals surface area contributed by atoms with Crippen LogP contribution in [0.25, 0.3) is 0 Å². The number of sulfonamides is 1. The van der Waals surface area contributed by atoms with E-state index >= 15 is 0 Å². The van der Waals surface area contributed by atoms with E-state index in [9.17, 15) is 23.1 Å². The summed E-state index contributed by atoms with van der Waals surface area (Å²) in [5, 5.41) is 9.96. The molecule has 3 aromatic rings. The van der Waals surface area contributed by atoms with Gasteiger partial charge in [-0.25, -0.2) is 8.42 Å². The Bertz CT molecular complexity index is 1360. The zero-order valence-electron chi connectivity index (χ0n) is 19.6. The van der Waals surface area contributed by atoms with Crippen LogP contribution < -0.4 is 4.72 Å². The maximum Gasteiger partial charge on any atom is 0.261 e. The molecule has 4 rings (SSSR count). The van der Waals surface area contributed by atoms with Crippen LogP contribution in [-0.2, 0) is 10.0 Å². The molecule has 0 saturated carbocycles. The van der Waals surface area contributed by atoms with E-state index in [4.69, 9.17) is 0 Å². The van der Waals surface area contributed by atoms with Crippen molar-refractivity contribution in [1.82, 2.24) is 9.80 Å². The van der Waals surface area contributed by atoms with Crippen LogP contribution in [0.5, 0.6) is 5.75 Å². The summed E-state index contributed by atoms with van der Waals surface area (Å²) in [7, 11) is -3.88. The summed E-state index contributed by atoms with van der Waals surface area (Å²) in [6.45, 7) is 4.90. The van der Waals surface area contributed by atoms with Gasteiger partial charge in [-0.1, -0.05) is 35.9 Å². The number of nitrogens with zero attached hydrogens (tertiary/aromatic N) is 2. The Kier molecular flexibility index (Phi) is 6.79.